The fourth-order valence-electron chi connectivity index (χ4n) is 3.59. The molecule has 0 amide bonds. The minimum atomic E-state index is -0.148. The second-order valence-electron chi connectivity index (χ2n) is 5.53. The third-order valence-electron chi connectivity index (χ3n) is 4.48. The highest BCUT2D eigenvalue weighted by Gasteiger charge is 2.14. The van der Waals surface area contributed by atoms with Crippen LogP contribution in [0.3, 0.4) is 0 Å². The minimum absolute atomic E-state index is 0.148. The van der Waals surface area contributed by atoms with E-state index in [0.29, 0.717) is 5.39 Å². The van der Waals surface area contributed by atoms with E-state index in [1.165, 1.54) is 26.9 Å². The Kier molecular flexibility index (Phi) is 1.95. The van der Waals surface area contributed by atoms with Crippen molar-refractivity contribution in [2.24, 2.45) is 0 Å². The van der Waals surface area contributed by atoms with Gasteiger partial charge in [0.25, 0.3) is 0 Å². The largest absolute Gasteiger partial charge is 0.206 e. The molecule has 0 heterocycles. The fourth-order valence-corrected chi connectivity index (χ4v) is 3.59. The first-order chi connectivity index (χ1) is 10.3. The highest BCUT2D eigenvalue weighted by molar-refractivity contribution is 6.33. The summed E-state index contributed by atoms with van der Waals surface area (Å²) in [4.78, 5) is 0. The second kappa shape index (κ2) is 3.70. The second-order valence-corrected chi connectivity index (χ2v) is 5.53. The number of rotatable bonds is 0. The van der Waals surface area contributed by atoms with Gasteiger partial charge in [-0.3, -0.25) is 0 Å². The molecule has 0 fully saturated rings. The maximum Gasteiger partial charge on any atom is 0.131 e. The molecule has 0 atom stereocenters. The summed E-state index contributed by atoms with van der Waals surface area (Å²) in [7, 11) is 0. The van der Waals surface area contributed by atoms with Crippen LogP contribution in [0.2, 0.25) is 0 Å². The summed E-state index contributed by atoms with van der Waals surface area (Å²) >= 11 is 0. The number of hydrogen-bond donors (Lipinski definition) is 0. The van der Waals surface area contributed by atoms with Gasteiger partial charge in [0.15, 0.2) is 0 Å². The first-order valence-electron chi connectivity index (χ1n) is 7.08. The Morgan fingerprint density at radius 3 is 1.95 bits per heavy atom. The van der Waals surface area contributed by atoms with Crippen molar-refractivity contribution in [3.8, 4) is 0 Å². The lowest BCUT2D eigenvalue weighted by atomic mass is 9.89. The third kappa shape index (κ3) is 1.28. The van der Waals surface area contributed by atoms with Gasteiger partial charge in [-0.2, -0.15) is 0 Å². The van der Waals surface area contributed by atoms with Crippen molar-refractivity contribution in [1.29, 1.82) is 0 Å². The van der Waals surface area contributed by atoms with Crippen LogP contribution in [0.15, 0.2) is 66.7 Å². The Morgan fingerprint density at radius 2 is 1.14 bits per heavy atom. The van der Waals surface area contributed by atoms with Crippen molar-refractivity contribution >= 4 is 43.1 Å². The van der Waals surface area contributed by atoms with Gasteiger partial charge in [0.1, 0.15) is 5.82 Å². The van der Waals surface area contributed by atoms with Crippen molar-refractivity contribution < 1.29 is 4.39 Å². The Balaban J connectivity index is 2.31. The Labute approximate surface area is 120 Å². The molecule has 98 valence electrons. The van der Waals surface area contributed by atoms with E-state index in [1.807, 2.05) is 24.3 Å². The van der Waals surface area contributed by atoms with Gasteiger partial charge < -0.3 is 0 Å². The minimum Gasteiger partial charge on any atom is -0.206 e. The number of fused-ring (bicyclic) bond motifs is 3. The van der Waals surface area contributed by atoms with E-state index in [0.717, 1.165) is 10.8 Å². The van der Waals surface area contributed by atoms with Crippen LogP contribution in [0.25, 0.3) is 43.1 Å². The topological polar surface area (TPSA) is 0 Å². The summed E-state index contributed by atoms with van der Waals surface area (Å²) in [6, 6.07) is 22.1. The SMILES string of the molecule is Fc1ccc2c3ccccc3c3cccc4ccc1c2c43. The summed E-state index contributed by atoms with van der Waals surface area (Å²) in [6.45, 7) is 0. The van der Waals surface area contributed by atoms with Crippen LogP contribution < -0.4 is 0 Å². The molecule has 0 unspecified atom stereocenters. The molecule has 0 aliphatic heterocycles. The molecule has 0 bridgehead atoms. The van der Waals surface area contributed by atoms with E-state index < -0.39 is 0 Å². The van der Waals surface area contributed by atoms with E-state index in [9.17, 15) is 4.39 Å². The normalized spacial score (nSPS) is 12.0. The summed E-state index contributed by atoms with van der Waals surface area (Å²) < 4.78 is 14.2. The third-order valence-corrected chi connectivity index (χ3v) is 4.48. The molecule has 0 aromatic heterocycles. The van der Waals surface area contributed by atoms with Crippen LogP contribution in [0, 0.1) is 5.82 Å². The molecule has 5 rings (SSSR count). The van der Waals surface area contributed by atoms with Gasteiger partial charge in [-0.15, -0.1) is 0 Å². The number of benzene rings is 5. The average molecular weight is 270 g/mol. The molecule has 0 radical (unpaired) electrons. The summed E-state index contributed by atoms with van der Waals surface area (Å²) in [5.74, 6) is -0.148. The van der Waals surface area contributed by atoms with Gasteiger partial charge in [-0.1, -0.05) is 60.7 Å². The van der Waals surface area contributed by atoms with Crippen LogP contribution in [-0.2, 0) is 0 Å². The Morgan fingerprint density at radius 1 is 0.476 bits per heavy atom. The number of hydrogen-bond acceptors (Lipinski definition) is 0. The first-order valence-corrected chi connectivity index (χ1v) is 7.08. The molecule has 0 N–H and O–H groups in total. The van der Waals surface area contributed by atoms with Gasteiger partial charge in [0.2, 0.25) is 0 Å². The molecule has 0 spiro atoms. The Hall–Kier alpha value is -2.67. The Bertz CT molecular complexity index is 1140. The van der Waals surface area contributed by atoms with Crippen molar-refractivity contribution in [3.63, 3.8) is 0 Å². The lowest BCUT2D eigenvalue weighted by Gasteiger charge is -2.14. The molecule has 5 aromatic carbocycles. The van der Waals surface area contributed by atoms with Crippen molar-refractivity contribution in [2.45, 2.75) is 0 Å². The number of halogens is 1. The summed E-state index contributed by atoms with van der Waals surface area (Å²) in [6.07, 6.45) is 0. The summed E-state index contributed by atoms with van der Waals surface area (Å²) in [5, 5.41) is 8.84. The molecule has 1 heteroatoms. The maximum atomic E-state index is 14.2. The molecule has 0 saturated heterocycles. The van der Waals surface area contributed by atoms with Gasteiger partial charge in [-0.25, -0.2) is 4.39 Å². The molecule has 0 saturated carbocycles. The van der Waals surface area contributed by atoms with Crippen LogP contribution in [-0.4, -0.2) is 0 Å². The van der Waals surface area contributed by atoms with E-state index in [4.69, 9.17) is 0 Å². The summed E-state index contributed by atoms with van der Waals surface area (Å²) in [5.41, 5.74) is 0. The van der Waals surface area contributed by atoms with Crippen LogP contribution in [0.4, 0.5) is 4.39 Å². The van der Waals surface area contributed by atoms with E-state index in [-0.39, 0.29) is 5.82 Å². The maximum absolute atomic E-state index is 14.2. The monoisotopic (exact) mass is 270 g/mol. The highest BCUT2D eigenvalue weighted by Crippen LogP contribution is 2.40. The van der Waals surface area contributed by atoms with E-state index in [2.05, 4.69) is 36.4 Å². The average Bonchev–Trinajstić information content (AvgIpc) is 2.54. The predicted octanol–water partition coefficient (Wildman–Crippen LogP) is 5.88. The molecular weight excluding hydrogens is 259 g/mol. The molecular formula is C20H11F. The van der Waals surface area contributed by atoms with Gasteiger partial charge >= 0.3 is 0 Å². The molecule has 5 aromatic rings. The lowest BCUT2D eigenvalue weighted by Crippen LogP contribution is -1.88. The van der Waals surface area contributed by atoms with Crippen LogP contribution in [0.1, 0.15) is 0 Å². The smallest absolute Gasteiger partial charge is 0.131 e. The fraction of sp³-hybridized carbons (Fsp3) is 0. The van der Waals surface area contributed by atoms with E-state index in [1.54, 1.807) is 6.07 Å². The van der Waals surface area contributed by atoms with Crippen molar-refractivity contribution in [3.05, 3.63) is 72.5 Å². The van der Waals surface area contributed by atoms with Gasteiger partial charge in [0.05, 0.1) is 0 Å². The first kappa shape index (κ1) is 11.0. The van der Waals surface area contributed by atoms with Crippen LogP contribution in [0.5, 0.6) is 0 Å². The molecule has 0 nitrogen and oxygen atoms in total. The van der Waals surface area contributed by atoms with E-state index >= 15 is 0 Å². The molecule has 21 heavy (non-hydrogen) atoms. The van der Waals surface area contributed by atoms with Crippen molar-refractivity contribution in [1.82, 2.24) is 0 Å². The zero-order valence-corrected chi connectivity index (χ0v) is 11.2. The standard InChI is InChI=1S/C20H11F/c21-18-11-10-16-14-6-2-1-5-13(14)15-7-3-4-12-8-9-17(18)20(16)19(12)15/h1-11H. The molecule has 0 aliphatic carbocycles. The molecule has 0 aliphatic rings. The zero-order chi connectivity index (χ0) is 14.0. The van der Waals surface area contributed by atoms with Crippen LogP contribution >= 0.6 is 0 Å². The lowest BCUT2D eigenvalue weighted by molar-refractivity contribution is 0.640. The highest BCUT2D eigenvalue weighted by atomic mass is 19.1. The van der Waals surface area contributed by atoms with Gasteiger partial charge in [0, 0.05) is 10.8 Å². The predicted molar refractivity (Wildman–Crippen MR) is 87.6 cm³/mol. The quantitative estimate of drug-likeness (QED) is 0.243. The van der Waals surface area contributed by atoms with Crippen molar-refractivity contribution in [2.75, 3.05) is 0 Å². The zero-order valence-electron chi connectivity index (χ0n) is 11.2. The van der Waals surface area contributed by atoms with Gasteiger partial charge in [-0.05, 0) is 38.4 Å².